The fourth-order valence-electron chi connectivity index (χ4n) is 3.11. The highest BCUT2D eigenvalue weighted by molar-refractivity contribution is 5.89. The van der Waals surface area contributed by atoms with Crippen molar-refractivity contribution in [3.05, 3.63) is 48.0 Å². The van der Waals surface area contributed by atoms with Crippen molar-refractivity contribution in [2.75, 3.05) is 19.6 Å². The molecular weight excluding hydrogens is 272 g/mol. The summed E-state index contributed by atoms with van der Waals surface area (Å²) in [6.07, 6.45) is 2.10. The highest BCUT2D eigenvalue weighted by atomic mass is 16.2. The van der Waals surface area contributed by atoms with Crippen LogP contribution in [0.3, 0.4) is 0 Å². The molecule has 22 heavy (non-hydrogen) atoms. The summed E-state index contributed by atoms with van der Waals surface area (Å²) in [6, 6.07) is 14.8. The third-order valence-corrected chi connectivity index (χ3v) is 4.38. The van der Waals surface area contributed by atoms with Crippen LogP contribution < -0.4 is 10.6 Å². The van der Waals surface area contributed by atoms with Crippen LogP contribution in [0, 0.1) is 5.92 Å². The molecule has 0 aliphatic heterocycles. The van der Waals surface area contributed by atoms with Gasteiger partial charge in [-0.2, -0.15) is 0 Å². The van der Waals surface area contributed by atoms with Crippen molar-refractivity contribution < 1.29 is 4.79 Å². The molecule has 2 unspecified atom stereocenters. The monoisotopic (exact) mass is 296 g/mol. The van der Waals surface area contributed by atoms with Gasteiger partial charge < -0.3 is 10.6 Å². The molecule has 1 amide bonds. The van der Waals surface area contributed by atoms with Crippen molar-refractivity contribution in [1.82, 2.24) is 10.6 Å². The van der Waals surface area contributed by atoms with Crippen molar-refractivity contribution in [1.29, 1.82) is 0 Å². The molecule has 1 aliphatic carbocycles. The number of nitrogens with one attached hydrogen (secondary N) is 2. The first kappa shape index (κ1) is 15.0. The standard InChI is InChI=1S/C19H24N2O/c1-2-10-20-11-12-21-19(22)18-13-17(18)16-9-5-7-14-6-3-4-8-15(14)16/h3-9,17-18,20H,2,10-13H2,1H3,(H,21,22). The normalized spacial score (nSPS) is 20.0. The van der Waals surface area contributed by atoms with Gasteiger partial charge in [0.15, 0.2) is 0 Å². The number of hydrogen-bond donors (Lipinski definition) is 2. The minimum Gasteiger partial charge on any atom is -0.355 e. The Morgan fingerprint density at radius 2 is 1.91 bits per heavy atom. The lowest BCUT2D eigenvalue weighted by atomic mass is 10.00. The third-order valence-electron chi connectivity index (χ3n) is 4.38. The first-order chi connectivity index (χ1) is 10.8. The van der Waals surface area contributed by atoms with Crippen LogP contribution in [0.15, 0.2) is 42.5 Å². The Labute approximate surface area is 132 Å². The minimum absolute atomic E-state index is 0.150. The van der Waals surface area contributed by atoms with E-state index >= 15 is 0 Å². The molecule has 2 aromatic carbocycles. The second-order valence-electron chi connectivity index (χ2n) is 6.06. The van der Waals surface area contributed by atoms with E-state index < -0.39 is 0 Å². The van der Waals surface area contributed by atoms with Gasteiger partial charge >= 0.3 is 0 Å². The molecule has 0 bridgehead atoms. The van der Waals surface area contributed by atoms with Crippen LogP contribution in [0.1, 0.15) is 31.2 Å². The van der Waals surface area contributed by atoms with E-state index in [2.05, 4.69) is 60.0 Å². The lowest BCUT2D eigenvalue weighted by Gasteiger charge is -2.08. The van der Waals surface area contributed by atoms with Crippen LogP contribution in [-0.4, -0.2) is 25.5 Å². The van der Waals surface area contributed by atoms with Crippen molar-refractivity contribution in [3.63, 3.8) is 0 Å². The number of rotatable bonds is 7. The highest BCUT2D eigenvalue weighted by Crippen LogP contribution is 2.49. The summed E-state index contributed by atoms with van der Waals surface area (Å²) < 4.78 is 0. The molecule has 0 radical (unpaired) electrons. The van der Waals surface area contributed by atoms with Crippen molar-refractivity contribution in [3.8, 4) is 0 Å². The molecule has 2 aromatic rings. The lowest BCUT2D eigenvalue weighted by molar-refractivity contribution is -0.122. The summed E-state index contributed by atoms with van der Waals surface area (Å²) in [7, 11) is 0. The zero-order valence-corrected chi connectivity index (χ0v) is 13.1. The maximum absolute atomic E-state index is 12.2. The van der Waals surface area contributed by atoms with Gasteiger partial charge in [-0.05, 0) is 41.6 Å². The van der Waals surface area contributed by atoms with Crippen LogP contribution in [0.25, 0.3) is 10.8 Å². The van der Waals surface area contributed by atoms with Crippen LogP contribution >= 0.6 is 0 Å². The topological polar surface area (TPSA) is 41.1 Å². The predicted octanol–water partition coefficient (Wildman–Crippen LogP) is 3.06. The molecule has 0 aromatic heterocycles. The summed E-state index contributed by atoms with van der Waals surface area (Å²) in [6.45, 7) is 4.73. The van der Waals surface area contributed by atoms with Gasteiger partial charge in [-0.15, -0.1) is 0 Å². The van der Waals surface area contributed by atoms with Gasteiger partial charge in [0, 0.05) is 19.0 Å². The SMILES string of the molecule is CCCNCCNC(=O)C1CC1c1cccc2ccccc12. The molecular formula is C19H24N2O. The number of carbonyl (C=O) groups excluding carboxylic acids is 1. The summed E-state index contributed by atoms with van der Waals surface area (Å²) in [4.78, 5) is 12.2. The second-order valence-corrected chi connectivity index (χ2v) is 6.06. The van der Waals surface area contributed by atoms with E-state index in [9.17, 15) is 4.79 Å². The number of fused-ring (bicyclic) bond motifs is 1. The van der Waals surface area contributed by atoms with E-state index in [0.717, 1.165) is 32.5 Å². The first-order valence-electron chi connectivity index (χ1n) is 8.27. The summed E-state index contributed by atoms with van der Waals surface area (Å²) in [5.41, 5.74) is 1.32. The Bertz CT molecular complexity index is 647. The van der Waals surface area contributed by atoms with Crippen molar-refractivity contribution >= 4 is 16.7 Å². The van der Waals surface area contributed by atoms with Gasteiger partial charge in [-0.25, -0.2) is 0 Å². The average molecular weight is 296 g/mol. The van der Waals surface area contributed by atoms with Gasteiger partial charge in [-0.3, -0.25) is 4.79 Å². The van der Waals surface area contributed by atoms with Crippen molar-refractivity contribution in [2.45, 2.75) is 25.7 Å². The number of hydrogen-bond acceptors (Lipinski definition) is 2. The minimum atomic E-state index is 0.150. The fraction of sp³-hybridized carbons (Fsp3) is 0.421. The maximum atomic E-state index is 12.2. The molecule has 2 N–H and O–H groups in total. The molecule has 1 saturated carbocycles. The van der Waals surface area contributed by atoms with E-state index in [1.807, 2.05) is 0 Å². The van der Waals surface area contributed by atoms with Crippen LogP contribution in [0.5, 0.6) is 0 Å². The fourth-order valence-corrected chi connectivity index (χ4v) is 3.11. The maximum Gasteiger partial charge on any atom is 0.223 e. The molecule has 2 atom stereocenters. The molecule has 3 nitrogen and oxygen atoms in total. The molecule has 3 rings (SSSR count). The Balaban J connectivity index is 1.58. The Kier molecular flexibility index (Phi) is 4.74. The molecule has 0 spiro atoms. The lowest BCUT2D eigenvalue weighted by Crippen LogP contribution is -2.33. The quantitative estimate of drug-likeness (QED) is 0.771. The molecule has 0 saturated heterocycles. The zero-order chi connectivity index (χ0) is 15.4. The van der Waals surface area contributed by atoms with Crippen LogP contribution in [0.4, 0.5) is 0 Å². The summed E-state index contributed by atoms with van der Waals surface area (Å²) in [5.74, 6) is 0.739. The Hall–Kier alpha value is -1.87. The molecule has 0 heterocycles. The van der Waals surface area contributed by atoms with Crippen molar-refractivity contribution in [2.24, 2.45) is 5.92 Å². The van der Waals surface area contributed by atoms with Gasteiger partial charge in [-0.1, -0.05) is 49.4 Å². The molecule has 116 valence electrons. The van der Waals surface area contributed by atoms with Gasteiger partial charge in [0.25, 0.3) is 0 Å². The summed E-state index contributed by atoms with van der Waals surface area (Å²) >= 11 is 0. The van der Waals surface area contributed by atoms with E-state index in [-0.39, 0.29) is 11.8 Å². The zero-order valence-electron chi connectivity index (χ0n) is 13.1. The number of benzene rings is 2. The number of carbonyl (C=O) groups is 1. The van der Waals surface area contributed by atoms with E-state index in [0.29, 0.717) is 5.92 Å². The third kappa shape index (κ3) is 3.30. The van der Waals surface area contributed by atoms with Crippen LogP contribution in [0.2, 0.25) is 0 Å². The Morgan fingerprint density at radius 3 is 2.77 bits per heavy atom. The van der Waals surface area contributed by atoms with Crippen LogP contribution in [-0.2, 0) is 4.79 Å². The van der Waals surface area contributed by atoms with Gasteiger partial charge in [0.05, 0.1) is 0 Å². The molecule has 1 aliphatic rings. The van der Waals surface area contributed by atoms with E-state index in [1.54, 1.807) is 0 Å². The van der Waals surface area contributed by atoms with Gasteiger partial charge in [0.2, 0.25) is 5.91 Å². The van der Waals surface area contributed by atoms with E-state index in [4.69, 9.17) is 0 Å². The second kappa shape index (κ2) is 6.93. The highest BCUT2D eigenvalue weighted by Gasteiger charge is 2.44. The van der Waals surface area contributed by atoms with Gasteiger partial charge in [0.1, 0.15) is 0 Å². The first-order valence-corrected chi connectivity index (χ1v) is 8.27. The Morgan fingerprint density at radius 1 is 1.09 bits per heavy atom. The molecule has 3 heteroatoms. The average Bonchev–Trinajstić information content (AvgIpc) is 3.34. The predicted molar refractivity (Wildman–Crippen MR) is 91.0 cm³/mol. The number of amides is 1. The smallest absolute Gasteiger partial charge is 0.223 e. The van der Waals surface area contributed by atoms with E-state index in [1.165, 1.54) is 16.3 Å². The molecule has 1 fully saturated rings. The summed E-state index contributed by atoms with van der Waals surface area (Å²) in [5, 5.41) is 8.90. The largest absolute Gasteiger partial charge is 0.355 e.